The van der Waals surface area contributed by atoms with Gasteiger partial charge < -0.3 is 14.5 Å². The van der Waals surface area contributed by atoms with Gasteiger partial charge in [0, 0.05) is 31.7 Å². The molecule has 146 valence electrons. The van der Waals surface area contributed by atoms with E-state index in [4.69, 9.17) is 4.74 Å². The summed E-state index contributed by atoms with van der Waals surface area (Å²) in [4.78, 5) is 17.5. The van der Waals surface area contributed by atoms with E-state index in [1.165, 1.54) is 0 Å². The van der Waals surface area contributed by atoms with Gasteiger partial charge >= 0.3 is 0 Å². The van der Waals surface area contributed by atoms with Crippen molar-refractivity contribution in [1.29, 1.82) is 0 Å². The highest BCUT2D eigenvalue weighted by Crippen LogP contribution is 2.19. The third-order valence-corrected chi connectivity index (χ3v) is 5.32. The Labute approximate surface area is 161 Å². The average molecular weight is 370 g/mol. The maximum absolute atomic E-state index is 13.1. The SMILES string of the molecule is CCN(CC)CC1CN(C(=O)Cc2cccc(OC)c2)Cc2ccnn2C1. The largest absolute Gasteiger partial charge is 0.497 e. The predicted octanol–water partition coefficient (Wildman–Crippen LogP) is 2.43. The minimum absolute atomic E-state index is 0.155. The Balaban J connectivity index is 1.75. The van der Waals surface area contributed by atoms with Gasteiger partial charge in [0.25, 0.3) is 0 Å². The summed E-state index contributed by atoms with van der Waals surface area (Å²) in [5, 5.41) is 4.47. The number of rotatable bonds is 7. The molecule has 0 aliphatic carbocycles. The minimum atomic E-state index is 0.155. The van der Waals surface area contributed by atoms with Crippen LogP contribution in [0.15, 0.2) is 36.5 Å². The van der Waals surface area contributed by atoms with Crippen molar-refractivity contribution < 1.29 is 9.53 Å². The molecular formula is C21H30N4O2. The molecule has 1 aromatic heterocycles. The number of ether oxygens (including phenoxy) is 1. The third-order valence-electron chi connectivity index (χ3n) is 5.32. The van der Waals surface area contributed by atoms with Crippen LogP contribution in [-0.2, 0) is 24.3 Å². The molecule has 1 unspecified atom stereocenters. The van der Waals surface area contributed by atoms with Crippen molar-refractivity contribution in [3.05, 3.63) is 47.8 Å². The van der Waals surface area contributed by atoms with Gasteiger partial charge in [-0.05, 0) is 36.9 Å². The molecular weight excluding hydrogens is 340 g/mol. The normalized spacial score (nSPS) is 16.9. The second-order valence-electron chi connectivity index (χ2n) is 7.16. The van der Waals surface area contributed by atoms with Crippen LogP contribution in [0.4, 0.5) is 0 Å². The van der Waals surface area contributed by atoms with Crippen molar-refractivity contribution in [2.75, 3.05) is 33.3 Å². The summed E-state index contributed by atoms with van der Waals surface area (Å²) in [5.41, 5.74) is 2.09. The summed E-state index contributed by atoms with van der Waals surface area (Å²) in [6.45, 7) is 9.65. The number of nitrogens with zero attached hydrogens (tertiary/aromatic N) is 4. The number of hydrogen-bond donors (Lipinski definition) is 0. The molecule has 6 heteroatoms. The van der Waals surface area contributed by atoms with E-state index >= 15 is 0 Å². The monoisotopic (exact) mass is 370 g/mol. The van der Waals surface area contributed by atoms with Crippen LogP contribution in [-0.4, -0.2) is 58.8 Å². The molecule has 2 heterocycles. The zero-order chi connectivity index (χ0) is 19.2. The van der Waals surface area contributed by atoms with Gasteiger partial charge in [0.15, 0.2) is 0 Å². The molecule has 1 aliphatic rings. The Morgan fingerprint density at radius 2 is 2.07 bits per heavy atom. The number of hydrogen-bond acceptors (Lipinski definition) is 4. The van der Waals surface area contributed by atoms with Crippen molar-refractivity contribution in [3.63, 3.8) is 0 Å². The van der Waals surface area contributed by atoms with E-state index in [0.717, 1.165) is 49.7 Å². The highest BCUT2D eigenvalue weighted by molar-refractivity contribution is 5.79. The molecule has 1 amide bonds. The lowest BCUT2D eigenvalue weighted by molar-refractivity contribution is -0.131. The molecule has 0 fully saturated rings. The fraction of sp³-hybridized carbons (Fsp3) is 0.524. The molecule has 0 bridgehead atoms. The van der Waals surface area contributed by atoms with Gasteiger partial charge in [-0.25, -0.2) is 0 Å². The number of carbonyl (C=O) groups excluding carboxylic acids is 1. The van der Waals surface area contributed by atoms with Crippen molar-refractivity contribution in [2.24, 2.45) is 5.92 Å². The molecule has 1 aromatic carbocycles. The lowest BCUT2D eigenvalue weighted by Crippen LogP contribution is -2.39. The Bertz CT molecular complexity index is 754. The van der Waals surface area contributed by atoms with Crippen molar-refractivity contribution in [1.82, 2.24) is 19.6 Å². The van der Waals surface area contributed by atoms with Gasteiger partial charge in [-0.1, -0.05) is 26.0 Å². The van der Waals surface area contributed by atoms with E-state index in [1.54, 1.807) is 7.11 Å². The second kappa shape index (κ2) is 9.04. The first-order valence-corrected chi connectivity index (χ1v) is 9.76. The molecule has 1 aliphatic heterocycles. The lowest BCUT2D eigenvalue weighted by Gasteiger charge is -2.28. The molecule has 27 heavy (non-hydrogen) atoms. The molecule has 0 radical (unpaired) electrons. The highest BCUT2D eigenvalue weighted by atomic mass is 16.5. The van der Waals surface area contributed by atoms with Crippen LogP contribution < -0.4 is 4.74 Å². The Hall–Kier alpha value is -2.34. The molecule has 0 saturated heterocycles. The van der Waals surface area contributed by atoms with E-state index in [2.05, 4.69) is 28.5 Å². The summed E-state index contributed by atoms with van der Waals surface area (Å²) in [7, 11) is 1.65. The molecule has 3 rings (SSSR count). The summed E-state index contributed by atoms with van der Waals surface area (Å²) in [6.07, 6.45) is 2.23. The molecule has 0 spiro atoms. The van der Waals surface area contributed by atoms with Gasteiger partial charge in [0.05, 0.1) is 25.8 Å². The smallest absolute Gasteiger partial charge is 0.227 e. The van der Waals surface area contributed by atoms with Crippen molar-refractivity contribution in [2.45, 2.75) is 33.4 Å². The fourth-order valence-electron chi connectivity index (χ4n) is 3.75. The first kappa shape index (κ1) is 19.4. The third kappa shape index (κ3) is 4.89. The standard InChI is InChI=1S/C21H30N4O2/c1-4-23(5-2)13-18-14-24(16-19-9-10-22-25(19)15-18)21(26)12-17-7-6-8-20(11-17)27-3/h6-11,18H,4-5,12-16H2,1-3H3. The second-order valence-corrected chi connectivity index (χ2v) is 7.16. The van der Waals surface area contributed by atoms with Crippen LogP contribution in [0.5, 0.6) is 5.75 Å². The number of benzene rings is 1. The fourth-order valence-corrected chi connectivity index (χ4v) is 3.75. The number of aromatic nitrogens is 2. The van der Waals surface area contributed by atoms with Crippen LogP contribution in [0.2, 0.25) is 0 Å². The molecule has 2 aromatic rings. The highest BCUT2D eigenvalue weighted by Gasteiger charge is 2.26. The maximum atomic E-state index is 13.1. The van der Waals surface area contributed by atoms with E-state index in [9.17, 15) is 4.79 Å². The molecule has 1 atom stereocenters. The molecule has 6 nitrogen and oxygen atoms in total. The topological polar surface area (TPSA) is 50.6 Å². The zero-order valence-electron chi connectivity index (χ0n) is 16.6. The van der Waals surface area contributed by atoms with Crippen LogP contribution >= 0.6 is 0 Å². The number of methoxy groups -OCH3 is 1. The first-order valence-electron chi connectivity index (χ1n) is 9.76. The minimum Gasteiger partial charge on any atom is -0.497 e. The average Bonchev–Trinajstić information content (AvgIpc) is 3.04. The summed E-state index contributed by atoms with van der Waals surface area (Å²) in [6, 6.07) is 9.77. The lowest BCUT2D eigenvalue weighted by atomic mass is 10.1. The molecule has 0 saturated carbocycles. The van der Waals surface area contributed by atoms with Gasteiger partial charge in [0.2, 0.25) is 5.91 Å². The van der Waals surface area contributed by atoms with Crippen molar-refractivity contribution >= 4 is 5.91 Å². The van der Waals surface area contributed by atoms with Crippen LogP contribution in [0.3, 0.4) is 0 Å². The van der Waals surface area contributed by atoms with Gasteiger partial charge in [-0.3, -0.25) is 9.48 Å². The van der Waals surface area contributed by atoms with Crippen LogP contribution in [0.1, 0.15) is 25.1 Å². The predicted molar refractivity (Wildman–Crippen MR) is 106 cm³/mol. The molecule has 0 N–H and O–H groups in total. The van der Waals surface area contributed by atoms with Gasteiger partial charge in [-0.2, -0.15) is 5.10 Å². The summed E-state index contributed by atoms with van der Waals surface area (Å²) >= 11 is 0. The maximum Gasteiger partial charge on any atom is 0.227 e. The van der Waals surface area contributed by atoms with E-state index in [0.29, 0.717) is 18.9 Å². The van der Waals surface area contributed by atoms with Crippen molar-refractivity contribution in [3.8, 4) is 5.75 Å². The number of fused-ring (bicyclic) bond motifs is 1. The van der Waals surface area contributed by atoms with Gasteiger partial charge in [0.1, 0.15) is 5.75 Å². The Morgan fingerprint density at radius 1 is 1.26 bits per heavy atom. The quantitative estimate of drug-likeness (QED) is 0.751. The summed E-state index contributed by atoms with van der Waals surface area (Å²) < 4.78 is 7.34. The zero-order valence-corrected chi connectivity index (χ0v) is 16.6. The first-order chi connectivity index (χ1) is 13.1. The number of amides is 1. The Morgan fingerprint density at radius 3 is 2.81 bits per heavy atom. The Kier molecular flexibility index (Phi) is 6.50. The van der Waals surface area contributed by atoms with Gasteiger partial charge in [-0.15, -0.1) is 0 Å². The van der Waals surface area contributed by atoms with Crippen LogP contribution in [0.25, 0.3) is 0 Å². The van der Waals surface area contributed by atoms with E-state index in [1.807, 2.05) is 41.4 Å². The van der Waals surface area contributed by atoms with Crippen LogP contribution in [0, 0.1) is 5.92 Å². The summed E-state index contributed by atoms with van der Waals surface area (Å²) in [5.74, 6) is 1.32. The van der Waals surface area contributed by atoms with E-state index < -0.39 is 0 Å². The number of carbonyl (C=O) groups is 1. The van der Waals surface area contributed by atoms with E-state index in [-0.39, 0.29) is 5.91 Å².